The molecule has 1 fully saturated rings. The monoisotopic (exact) mass is 336 g/mol. The first kappa shape index (κ1) is 16.3. The number of aromatic nitrogens is 1. The lowest BCUT2D eigenvalue weighted by molar-refractivity contribution is -0.00461. The largest absolute Gasteiger partial charge is 0.464 e. The Morgan fingerprint density at radius 2 is 1.86 bits per heavy atom. The van der Waals surface area contributed by atoms with Crippen LogP contribution in [-0.4, -0.2) is 70.3 Å². The van der Waals surface area contributed by atoms with Crippen molar-refractivity contribution in [1.82, 2.24) is 9.29 Å². The van der Waals surface area contributed by atoms with Crippen molar-refractivity contribution in [3.05, 3.63) is 11.2 Å². The van der Waals surface area contributed by atoms with Gasteiger partial charge in [-0.15, -0.1) is 11.3 Å². The van der Waals surface area contributed by atoms with Gasteiger partial charge in [0.25, 0.3) is 10.0 Å². The second-order valence-electron chi connectivity index (χ2n) is 4.35. The van der Waals surface area contributed by atoms with E-state index < -0.39 is 16.0 Å². The van der Waals surface area contributed by atoms with Crippen LogP contribution in [0.1, 0.15) is 10.5 Å². The van der Waals surface area contributed by atoms with Gasteiger partial charge in [-0.1, -0.05) is 0 Å². The van der Waals surface area contributed by atoms with Gasteiger partial charge in [-0.2, -0.15) is 4.31 Å². The maximum atomic E-state index is 12.6. The summed E-state index contributed by atoms with van der Waals surface area (Å²) in [6.45, 7) is 0.325. The lowest BCUT2D eigenvalue weighted by atomic mass is 10.3. The molecule has 1 saturated heterocycles. The van der Waals surface area contributed by atoms with Crippen molar-refractivity contribution >= 4 is 27.3 Å². The first-order valence-electron chi connectivity index (χ1n) is 6.03. The van der Waals surface area contributed by atoms with E-state index >= 15 is 0 Å². The zero-order chi connectivity index (χ0) is 15.6. The maximum Gasteiger partial charge on any atom is 0.358 e. The first-order valence-corrected chi connectivity index (χ1v) is 8.35. The minimum Gasteiger partial charge on any atom is -0.464 e. The molecule has 0 aliphatic carbocycles. The van der Waals surface area contributed by atoms with Crippen molar-refractivity contribution < 1.29 is 27.4 Å². The fourth-order valence-electron chi connectivity index (χ4n) is 2.13. The van der Waals surface area contributed by atoms with Gasteiger partial charge < -0.3 is 14.2 Å². The topological polar surface area (TPSA) is 95.0 Å². The maximum absolute atomic E-state index is 12.6. The standard InChI is InChI=1S/C11H16N2O6S2/c1-17-7-4-13(5-8(7)18-2)21(15,16)11-9(10(14)19-3)12-6-20-11/h6-8H,4-5H2,1-3H3. The van der Waals surface area contributed by atoms with Crippen molar-refractivity contribution in [1.29, 1.82) is 0 Å². The quantitative estimate of drug-likeness (QED) is 0.696. The van der Waals surface area contributed by atoms with Gasteiger partial charge in [0.2, 0.25) is 0 Å². The Bertz CT molecular complexity index is 602. The number of thiazole rings is 1. The summed E-state index contributed by atoms with van der Waals surface area (Å²) in [7, 11) is 0.337. The average molecular weight is 336 g/mol. The highest BCUT2D eigenvalue weighted by Gasteiger charge is 2.42. The number of sulfonamides is 1. The smallest absolute Gasteiger partial charge is 0.358 e. The molecule has 0 spiro atoms. The fraction of sp³-hybridized carbons (Fsp3) is 0.636. The second kappa shape index (κ2) is 6.36. The van der Waals surface area contributed by atoms with E-state index in [4.69, 9.17) is 9.47 Å². The number of carbonyl (C=O) groups is 1. The molecule has 8 nitrogen and oxygen atoms in total. The molecule has 2 rings (SSSR count). The van der Waals surface area contributed by atoms with E-state index in [1.165, 1.54) is 31.1 Å². The van der Waals surface area contributed by atoms with Crippen LogP contribution in [0.25, 0.3) is 0 Å². The molecular weight excluding hydrogens is 320 g/mol. The van der Waals surface area contributed by atoms with Gasteiger partial charge in [-0.05, 0) is 0 Å². The van der Waals surface area contributed by atoms with Crippen molar-refractivity contribution in [2.75, 3.05) is 34.4 Å². The number of carbonyl (C=O) groups excluding carboxylic acids is 1. The Balaban J connectivity index is 2.32. The number of hydrogen-bond acceptors (Lipinski definition) is 8. The summed E-state index contributed by atoms with van der Waals surface area (Å²) in [5, 5.41) is 0. The normalized spacial score (nSPS) is 23.4. The third-order valence-electron chi connectivity index (χ3n) is 3.28. The molecule has 2 heterocycles. The van der Waals surface area contributed by atoms with Crippen LogP contribution in [-0.2, 0) is 24.2 Å². The minimum absolute atomic E-state index is 0.124. The third-order valence-corrected chi connectivity index (χ3v) is 6.45. The van der Waals surface area contributed by atoms with Crippen LogP contribution in [0.2, 0.25) is 0 Å². The highest BCUT2D eigenvalue weighted by atomic mass is 32.2. The van der Waals surface area contributed by atoms with Crippen LogP contribution in [0.5, 0.6) is 0 Å². The molecule has 10 heteroatoms. The van der Waals surface area contributed by atoms with Crippen molar-refractivity contribution in [3.63, 3.8) is 0 Å². The Morgan fingerprint density at radius 1 is 1.29 bits per heavy atom. The van der Waals surface area contributed by atoms with Gasteiger partial charge in [-0.3, -0.25) is 0 Å². The van der Waals surface area contributed by atoms with Crippen LogP contribution in [0.3, 0.4) is 0 Å². The van der Waals surface area contributed by atoms with Crippen molar-refractivity contribution in [2.24, 2.45) is 0 Å². The van der Waals surface area contributed by atoms with Crippen LogP contribution in [0, 0.1) is 0 Å². The van der Waals surface area contributed by atoms with Crippen LogP contribution in [0.15, 0.2) is 9.72 Å². The number of nitrogens with zero attached hydrogens (tertiary/aromatic N) is 2. The highest BCUT2D eigenvalue weighted by Crippen LogP contribution is 2.28. The summed E-state index contributed by atoms with van der Waals surface area (Å²) >= 11 is 0.881. The van der Waals surface area contributed by atoms with E-state index in [9.17, 15) is 13.2 Å². The molecule has 1 aliphatic rings. The lowest BCUT2D eigenvalue weighted by Gasteiger charge is -2.14. The first-order chi connectivity index (χ1) is 9.95. The zero-order valence-electron chi connectivity index (χ0n) is 11.8. The molecule has 0 N–H and O–H groups in total. The molecule has 2 unspecified atom stereocenters. The molecule has 21 heavy (non-hydrogen) atoms. The summed E-state index contributed by atoms with van der Waals surface area (Å²) in [4.78, 5) is 15.4. The highest BCUT2D eigenvalue weighted by molar-refractivity contribution is 7.91. The predicted octanol–water partition coefficient (Wildman–Crippen LogP) is -0.0360. The van der Waals surface area contributed by atoms with E-state index in [0.717, 1.165) is 11.3 Å². The van der Waals surface area contributed by atoms with E-state index in [1.54, 1.807) is 0 Å². The molecular formula is C11H16N2O6S2. The van der Waals surface area contributed by atoms with Crippen LogP contribution in [0.4, 0.5) is 0 Å². The second-order valence-corrected chi connectivity index (χ2v) is 7.34. The minimum atomic E-state index is -3.84. The molecule has 0 saturated carbocycles. The van der Waals surface area contributed by atoms with Gasteiger partial charge in [0.15, 0.2) is 9.90 Å². The zero-order valence-corrected chi connectivity index (χ0v) is 13.4. The average Bonchev–Trinajstić information content (AvgIpc) is 3.12. The molecule has 0 amide bonds. The Kier molecular flexibility index (Phi) is 4.94. The van der Waals surface area contributed by atoms with Gasteiger partial charge in [0.05, 0.1) is 24.8 Å². The number of esters is 1. The van der Waals surface area contributed by atoms with Gasteiger partial charge >= 0.3 is 5.97 Å². The number of rotatable bonds is 5. The summed E-state index contributed by atoms with van der Waals surface area (Å²) in [6.07, 6.45) is -0.696. The molecule has 0 bridgehead atoms. The molecule has 1 aromatic rings. The van der Waals surface area contributed by atoms with Crippen molar-refractivity contribution in [2.45, 2.75) is 16.4 Å². The van der Waals surface area contributed by atoms with E-state index in [2.05, 4.69) is 9.72 Å². The van der Waals surface area contributed by atoms with Crippen LogP contribution >= 0.6 is 11.3 Å². The summed E-state index contributed by atoms with van der Waals surface area (Å²) in [5.74, 6) is -0.777. The Morgan fingerprint density at radius 3 is 2.33 bits per heavy atom. The molecule has 1 aromatic heterocycles. The fourth-order valence-corrected chi connectivity index (χ4v) is 4.86. The Labute approximate surface area is 126 Å². The Hall–Kier alpha value is -1.07. The number of ether oxygens (including phenoxy) is 3. The molecule has 2 atom stereocenters. The summed E-state index contributed by atoms with van der Waals surface area (Å²) in [5.41, 5.74) is 1.11. The SMILES string of the molecule is COC(=O)c1ncsc1S(=O)(=O)N1CC(OC)C(OC)C1. The summed E-state index contributed by atoms with van der Waals surface area (Å²) < 4.78 is 41.4. The van der Waals surface area contributed by atoms with Gasteiger partial charge in [0.1, 0.15) is 0 Å². The number of methoxy groups -OCH3 is 3. The number of hydrogen-bond donors (Lipinski definition) is 0. The third kappa shape index (κ3) is 2.94. The van der Waals surface area contributed by atoms with Crippen molar-refractivity contribution in [3.8, 4) is 0 Å². The van der Waals surface area contributed by atoms with Crippen LogP contribution < -0.4 is 0 Å². The van der Waals surface area contributed by atoms with E-state index in [1.807, 2.05) is 0 Å². The van der Waals surface area contributed by atoms with Gasteiger partial charge in [0, 0.05) is 27.3 Å². The van der Waals surface area contributed by atoms with Gasteiger partial charge in [-0.25, -0.2) is 18.2 Å². The molecule has 0 aromatic carbocycles. The summed E-state index contributed by atoms with van der Waals surface area (Å²) in [6, 6.07) is 0. The molecule has 1 aliphatic heterocycles. The predicted molar refractivity (Wildman–Crippen MR) is 73.8 cm³/mol. The lowest BCUT2D eigenvalue weighted by Crippen LogP contribution is -2.30. The molecule has 118 valence electrons. The molecule has 0 radical (unpaired) electrons. The van der Waals surface area contributed by atoms with E-state index in [-0.39, 0.29) is 35.2 Å². The van der Waals surface area contributed by atoms with E-state index in [0.29, 0.717) is 0 Å².